The molecule has 21 heavy (non-hydrogen) atoms. The number of nitrogens with two attached hydrogens (primary N) is 1. The molecule has 0 bridgehead atoms. The van der Waals surface area contributed by atoms with Crippen LogP contribution in [-0.4, -0.2) is 5.91 Å². The largest absolute Gasteiger partial charge is 0.398 e. The molecule has 0 saturated heterocycles. The van der Waals surface area contributed by atoms with Gasteiger partial charge in [0.2, 0.25) is 0 Å². The molecule has 0 fully saturated rings. The lowest BCUT2D eigenvalue weighted by molar-refractivity contribution is 0.0940. The Morgan fingerprint density at radius 1 is 1.29 bits per heavy atom. The summed E-state index contributed by atoms with van der Waals surface area (Å²) in [5, 5.41) is 2.82. The number of rotatable bonds is 3. The molecule has 1 amide bonds. The first-order chi connectivity index (χ1) is 9.88. The third-order valence-corrected chi connectivity index (χ3v) is 3.79. The number of carbonyl (C=O) groups is 1. The Morgan fingerprint density at radius 2 is 2.00 bits per heavy atom. The minimum Gasteiger partial charge on any atom is -0.398 e. The zero-order valence-electron chi connectivity index (χ0n) is 11.8. The van der Waals surface area contributed by atoms with Gasteiger partial charge in [-0.2, -0.15) is 0 Å². The quantitative estimate of drug-likeness (QED) is 0.823. The predicted octanol–water partition coefficient (Wildman–Crippen LogP) is 3.97. The van der Waals surface area contributed by atoms with Crippen molar-refractivity contribution < 1.29 is 9.18 Å². The highest BCUT2D eigenvalue weighted by molar-refractivity contribution is 9.10. The second-order valence-corrected chi connectivity index (χ2v) is 5.85. The summed E-state index contributed by atoms with van der Waals surface area (Å²) in [6, 6.07) is 9.70. The number of hydrogen-bond donors (Lipinski definition) is 2. The van der Waals surface area contributed by atoms with Gasteiger partial charge in [0.05, 0.1) is 11.6 Å². The summed E-state index contributed by atoms with van der Waals surface area (Å²) in [6.07, 6.45) is 0. The number of benzene rings is 2. The highest BCUT2D eigenvalue weighted by Gasteiger charge is 2.14. The normalized spacial score (nSPS) is 12.0. The first-order valence-electron chi connectivity index (χ1n) is 6.50. The van der Waals surface area contributed by atoms with E-state index in [0.717, 1.165) is 4.47 Å². The first-order valence-corrected chi connectivity index (χ1v) is 7.29. The smallest absolute Gasteiger partial charge is 0.253 e. The van der Waals surface area contributed by atoms with Gasteiger partial charge in [-0.3, -0.25) is 4.79 Å². The molecular weight excluding hydrogens is 335 g/mol. The third-order valence-electron chi connectivity index (χ3n) is 3.30. The Morgan fingerprint density at radius 3 is 2.62 bits per heavy atom. The molecule has 5 heteroatoms. The van der Waals surface area contributed by atoms with Gasteiger partial charge in [-0.25, -0.2) is 4.39 Å². The van der Waals surface area contributed by atoms with Crippen LogP contribution in [0.2, 0.25) is 0 Å². The molecule has 2 aromatic carbocycles. The van der Waals surface area contributed by atoms with Gasteiger partial charge in [-0.15, -0.1) is 0 Å². The van der Waals surface area contributed by atoms with Gasteiger partial charge < -0.3 is 11.1 Å². The Labute approximate surface area is 131 Å². The summed E-state index contributed by atoms with van der Waals surface area (Å²) in [5.74, 6) is -0.565. The summed E-state index contributed by atoms with van der Waals surface area (Å²) < 4.78 is 14.4. The average molecular weight is 351 g/mol. The number of nitrogen functional groups attached to an aromatic ring is 1. The van der Waals surface area contributed by atoms with Crippen molar-refractivity contribution in [2.45, 2.75) is 19.9 Å². The zero-order chi connectivity index (χ0) is 15.6. The molecule has 0 spiro atoms. The van der Waals surface area contributed by atoms with Gasteiger partial charge in [0.25, 0.3) is 5.91 Å². The Hall–Kier alpha value is -1.88. The minimum absolute atomic E-state index is 0.281. The molecule has 0 heterocycles. The van der Waals surface area contributed by atoms with E-state index in [0.29, 0.717) is 22.4 Å². The Kier molecular flexibility index (Phi) is 4.63. The Balaban J connectivity index is 2.16. The molecule has 3 N–H and O–H groups in total. The van der Waals surface area contributed by atoms with Crippen LogP contribution in [0.15, 0.2) is 40.9 Å². The summed E-state index contributed by atoms with van der Waals surface area (Å²) >= 11 is 3.29. The standard InChI is InChI=1S/C16H16BrFN2O/c1-9-3-4-11(7-14(9)18)10(2)20-16(21)13-6-5-12(17)8-15(13)19/h3-8,10H,19H2,1-2H3,(H,20,21). The van der Waals surface area contributed by atoms with Crippen LogP contribution in [-0.2, 0) is 0 Å². The summed E-state index contributed by atoms with van der Waals surface area (Å²) in [5.41, 5.74) is 7.91. The number of aryl methyl sites for hydroxylation is 1. The van der Waals surface area contributed by atoms with E-state index < -0.39 is 0 Å². The molecule has 110 valence electrons. The van der Waals surface area contributed by atoms with Gasteiger partial charge in [-0.05, 0) is 49.2 Å². The van der Waals surface area contributed by atoms with Crippen molar-refractivity contribution in [2.75, 3.05) is 5.73 Å². The second-order valence-electron chi connectivity index (χ2n) is 4.94. The summed E-state index contributed by atoms with van der Waals surface area (Å²) in [7, 11) is 0. The molecule has 1 unspecified atom stereocenters. The molecule has 0 aliphatic carbocycles. The first kappa shape index (κ1) is 15.5. The van der Waals surface area contributed by atoms with Crippen LogP contribution in [0.4, 0.5) is 10.1 Å². The topological polar surface area (TPSA) is 55.1 Å². The molecular formula is C16H16BrFN2O. The maximum absolute atomic E-state index is 13.6. The average Bonchev–Trinajstić information content (AvgIpc) is 2.41. The molecule has 0 radical (unpaired) electrons. The van der Waals surface area contributed by atoms with Gasteiger partial charge in [-0.1, -0.05) is 28.1 Å². The fraction of sp³-hybridized carbons (Fsp3) is 0.188. The van der Waals surface area contributed by atoms with Crippen LogP contribution in [0.25, 0.3) is 0 Å². The monoisotopic (exact) mass is 350 g/mol. The van der Waals surface area contributed by atoms with Crippen LogP contribution in [0.1, 0.15) is 34.5 Å². The van der Waals surface area contributed by atoms with E-state index in [2.05, 4.69) is 21.2 Å². The van der Waals surface area contributed by atoms with E-state index in [1.54, 1.807) is 44.2 Å². The number of hydrogen-bond acceptors (Lipinski definition) is 2. The number of carbonyl (C=O) groups excluding carboxylic acids is 1. The maximum atomic E-state index is 13.6. The van der Waals surface area contributed by atoms with Crippen molar-refractivity contribution in [1.82, 2.24) is 5.32 Å². The van der Waals surface area contributed by atoms with Crippen molar-refractivity contribution >= 4 is 27.5 Å². The zero-order valence-corrected chi connectivity index (χ0v) is 13.4. The number of nitrogens with one attached hydrogen (secondary N) is 1. The summed E-state index contributed by atoms with van der Waals surface area (Å²) in [6.45, 7) is 3.50. The van der Waals surface area contributed by atoms with Crippen LogP contribution < -0.4 is 11.1 Å². The molecule has 0 aromatic heterocycles. The highest BCUT2D eigenvalue weighted by atomic mass is 79.9. The second kappa shape index (κ2) is 6.26. The van der Waals surface area contributed by atoms with Crippen molar-refractivity contribution in [1.29, 1.82) is 0 Å². The minimum atomic E-state index is -0.310. The van der Waals surface area contributed by atoms with Crippen molar-refractivity contribution in [3.63, 3.8) is 0 Å². The van der Waals surface area contributed by atoms with Crippen molar-refractivity contribution in [3.8, 4) is 0 Å². The van der Waals surface area contributed by atoms with Crippen LogP contribution in [0, 0.1) is 12.7 Å². The van der Waals surface area contributed by atoms with E-state index in [9.17, 15) is 9.18 Å². The SMILES string of the molecule is Cc1ccc(C(C)NC(=O)c2ccc(Br)cc2N)cc1F. The predicted molar refractivity (Wildman–Crippen MR) is 85.6 cm³/mol. The lowest BCUT2D eigenvalue weighted by Crippen LogP contribution is -2.27. The van der Waals surface area contributed by atoms with Gasteiger partial charge >= 0.3 is 0 Å². The maximum Gasteiger partial charge on any atom is 0.253 e. The van der Waals surface area contributed by atoms with Crippen molar-refractivity contribution in [3.05, 3.63) is 63.4 Å². The number of anilines is 1. The molecule has 2 rings (SSSR count). The fourth-order valence-corrected chi connectivity index (χ4v) is 2.36. The van der Waals surface area contributed by atoms with Gasteiger partial charge in [0, 0.05) is 10.2 Å². The van der Waals surface area contributed by atoms with Crippen LogP contribution in [0.3, 0.4) is 0 Å². The van der Waals surface area contributed by atoms with E-state index in [4.69, 9.17) is 5.73 Å². The molecule has 0 saturated carbocycles. The lowest BCUT2D eigenvalue weighted by atomic mass is 10.1. The van der Waals surface area contributed by atoms with Gasteiger partial charge in [0.1, 0.15) is 5.82 Å². The lowest BCUT2D eigenvalue weighted by Gasteiger charge is -2.16. The van der Waals surface area contributed by atoms with Crippen LogP contribution in [0.5, 0.6) is 0 Å². The molecule has 2 aromatic rings. The van der Waals surface area contributed by atoms with E-state index in [-0.39, 0.29) is 17.8 Å². The molecule has 0 aliphatic heterocycles. The van der Waals surface area contributed by atoms with E-state index in [1.165, 1.54) is 6.07 Å². The Bertz CT molecular complexity index is 688. The molecule has 3 nitrogen and oxygen atoms in total. The van der Waals surface area contributed by atoms with Crippen LogP contribution >= 0.6 is 15.9 Å². The highest BCUT2D eigenvalue weighted by Crippen LogP contribution is 2.21. The van der Waals surface area contributed by atoms with E-state index in [1.807, 2.05) is 0 Å². The van der Waals surface area contributed by atoms with E-state index >= 15 is 0 Å². The van der Waals surface area contributed by atoms with Gasteiger partial charge in [0.15, 0.2) is 0 Å². The third kappa shape index (κ3) is 3.61. The number of halogens is 2. The summed E-state index contributed by atoms with van der Waals surface area (Å²) in [4.78, 5) is 12.2. The molecule has 0 aliphatic rings. The number of amides is 1. The van der Waals surface area contributed by atoms with Crippen molar-refractivity contribution in [2.24, 2.45) is 0 Å². The molecule has 1 atom stereocenters. The fourth-order valence-electron chi connectivity index (χ4n) is 1.98.